The summed E-state index contributed by atoms with van der Waals surface area (Å²) < 4.78 is 5.79. The van der Waals surface area contributed by atoms with E-state index >= 15 is 0 Å². The Balaban J connectivity index is 1.40. The molecule has 0 bridgehead atoms. The summed E-state index contributed by atoms with van der Waals surface area (Å²) in [5.41, 5.74) is 1.75. The molecule has 258 valence electrons. The number of allylic oxidation sites excluding steroid dienone is 1. The molecule has 0 N–H and O–H groups in total. The third-order valence-electron chi connectivity index (χ3n) is 8.98. The van der Waals surface area contributed by atoms with Gasteiger partial charge in [-0.2, -0.15) is 0 Å². The molecule has 2 nitrogen and oxygen atoms in total. The van der Waals surface area contributed by atoms with Gasteiger partial charge in [-0.15, -0.1) is 11.8 Å². The van der Waals surface area contributed by atoms with Crippen LogP contribution in [0.1, 0.15) is 184 Å². The van der Waals surface area contributed by atoms with Crippen molar-refractivity contribution >= 4 is 23.6 Å². The van der Waals surface area contributed by atoms with Crippen LogP contribution < -0.4 is 4.74 Å². The van der Waals surface area contributed by atoms with Crippen LogP contribution in [-0.2, 0) is 0 Å². The van der Waals surface area contributed by atoms with Gasteiger partial charge in [-0.05, 0) is 66.6 Å². The van der Waals surface area contributed by atoms with Crippen molar-refractivity contribution in [1.82, 2.24) is 0 Å². The number of hydrogen-bond acceptors (Lipinski definition) is 3. The molecular weight excluding hydrogens is 581 g/mol. The molecule has 0 saturated carbocycles. The van der Waals surface area contributed by atoms with E-state index in [0.29, 0.717) is 5.56 Å². The van der Waals surface area contributed by atoms with Crippen molar-refractivity contribution in [1.29, 1.82) is 0 Å². The maximum Gasteiger partial charge on any atom is 0.185 e. The lowest BCUT2D eigenvalue weighted by Crippen LogP contribution is -1.98. The Morgan fingerprint density at radius 3 is 1.46 bits per heavy atom. The first-order valence-electron chi connectivity index (χ1n) is 19.4. The molecule has 0 spiro atoms. The first-order chi connectivity index (χ1) is 22.7. The van der Waals surface area contributed by atoms with Gasteiger partial charge in [0.25, 0.3) is 0 Å². The highest BCUT2D eigenvalue weighted by atomic mass is 32.2. The molecule has 0 amide bonds. The largest absolute Gasteiger partial charge is 0.494 e. The molecular formula is C43H68O2S. The second-order valence-electron chi connectivity index (χ2n) is 13.3. The van der Waals surface area contributed by atoms with E-state index in [2.05, 4.69) is 38.1 Å². The highest BCUT2D eigenvalue weighted by molar-refractivity contribution is 7.99. The highest BCUT2D eigenvalue weighted by Crippen LogP contribution is 2.22. The van der Waals surface area contributed by atoms with E-state index in [0.717, 1.165) is 24.3 Å². The second kappa shape index (κ2) is 29.2. The molecule has 0 aliphatic rings. The predicted octanol–water partition coefficient (Wildman–Crippen LogP) is 14.5. The summed E-state index contributed by atoms with van der Waals surface area (Å²) in [5, 5.41) is 0. The predicted molar refractivity (Wildman–Crippen MR) is 205 cm³/mol. The molecule has 46 heavy (non-hydrogen) atoms. The fourth-order valence-corrected chi connectivity index (χ4v) is 6.84. The molecule has 3 heteroatoms. The summed E-state index contributed by atoms with van der Waals surface area (Å²) >= 11 is 1.95. The van der Waals surface area contributed by atoms with Crippen LogP contribution in [0.25, 0.3) is 6.08 Å². The summed E-state index contributed by atoms with van der Waals surface area (Å²) in [7, 11) is 0. The first kappa shape index (κ1) is 40.2. The normalized spacial score (nSPS) is 11.4. The van der Waals surface area contributed by atoms with Crippen LogP contribution >= 0.6 is 11.8 Å². The third kappa shape index (κ3) is 21.7. The molecule has 2 rings (SSSR count). The second-order valence-corrected chi connectivity index (χ2v) is 14.4. The molecule has 0 aliphatic heterocycles. The maximum atomic E-state index is 12.6. The molecule has 0 radical (unpaired) electrons. The molecule has 0 saturated heterocycles. The maximum absolute atomic E-state index is 12.6. The number of carbonyl (C=O) groups excluding carboxylic acids is 1. The highest BCUT2D eigenvalue weighted by Gasteiger charge is 2.03. The minimum atomic E-state index is 0.0209. The van der Waals surface area contributed by atoms with Gasteiger partial charge in [0.15, 0.2) is 5.78 Å². The molecule has 2 aromatic rings. The zero-order chi connectivity index (χ0) is 32.8. The van der Waals surface area contributed by atoms with E-state index < -0.39 is 0 Å². The number of unbranched alkanes of at least 4 members (excludes halogenated alkanes) is 22. The number of thioether (sulfide) groups is 1. The van der Waals surface area contributed by atoms with Crippen LogP contribution in [0.5, 0.6) is 5.75 Å². The van der Waals surface area contributed by atoms with Crippen LogP contribution in [0.2, 0.25) is 0 Å². The van der Waals surface area contributed by atoms with Gasteiger partial charge >= 0.3 is 0 Å². The fourth-order valence-electron chi connectivity index (χ4n) is 5.92. The summed E-state index contributed by atoms with van der Waals surface area (Å²) in [5.74, 6) is 2.04. The van der Waals surface area contributed by atoms with Gasteiger partial charge in [-0.1, -0.05) is 173 Å². The lowest BCUT2D eigenvalue weighted by Gasteiger charge is -2.06. The first-order valence-corrected chi connectivity index (χ1v) is 20.4. The van der Waals surface area contributed by atoms with E-state index in [1.165, 1.54) is 158 Å². The average molecular weight is 649 g/mol. The molecule has 0 atom stereocenters. The van der Waals surface area contributed by atoms with Crippen molar-refractivity contribution in [2.75, 3.05) is 12.4 Å². The van der Waals surface area contributed by atoms with Gasteiger partial charge in [0.2, 0.25) is 0 Å². The molecule has 0 aliphatic carbocycles. The van der Waals surface area contributed by atoms with Crippen LogP contribution in [0.4, 0.5) is 0 Å². The molecule has 0 fully saturated rings. The van der Waals surface area contributed by atoms with Crippen molar-refractivity contribution in [3.8, 4) is 5.75 Å². The van der Waals surface area contributed by atoms with Gasteiger partial charge in [-0.3, -0.25) is 4.79 Å². The number of rotatable bonds is 31. The monoisotopic (exact) mass is 648 g/mol. The third-order valence-corrected chi connectivity index (χ3v) is 10.1. The fraction of sp³-hybridized carbons (Fsp3) is 0.651. The molecule has 0 unspecified atom stereocenters. The Hall–Kier alpha value is -2.00. The van der Waals surface area contributed by atoms with Crippen molar-refractivity contribution in [3.63, 3.8) is 0 Å². The van der Waals surface area contributed by atoms with Crippen molar-refractivity contribution < 1.29 is 9.53 Å². The van der Waals surface area contributed by atoms with Crippen molar-refractivity contribution in [2.24, 2.45) is 0 Å². The Morgan fingerprint density at radius 1 is 0.543 bits per heavy atom. The Morgan fingerprint density at radius 2 is 0.978 bits per heavy atom. The lowest BCUT2D eigenvalue weighted by molar-refractivity contribution is 0.104. The van der Waals surface area contributed by atoms with E-state index in [9.17, 15) is 4.79 Å². The lowest BCUT2D eigenvalue weighted by atomic mass is 10.0. The van der Waals surface area contributed by atoms with Crippen molar-refractivity contribution in [2.45, 2.75) is 173 Å². The SMILES string of the molecule is CCCCCCCCCCCCCCCCCCCCCCSc1ccc(/C=C/C(=O)c2ccc(OCCCCCC)cc2)cc1. The summed E-state index contributed by atoms with van der Waals surface area (Å²) in [6, 6.07) is 16.1. The van der Waals surface area contributed by atoms with Gasteiger partial charge in [0, 0.05) is 10.5 Å². The average Bonchev–Trinajstić information content (AvgIpc) is 3.08. The summed E-state index contributed by atoms with van der Waals surface area (Å²) in [6.07, 6.45) is 36.9. The van der Waals surface area contributed by atoms with Gasteiger partial charge in [0.1, 0.15) is 5.75 Å². The Bertz CT molecular complexity index is 994. The smallest absolute Gasteiger partial charge is 0.185 e. The summed E-state index contributed by atoms with van der Waals surface area (Å²) in [4.78, 5) is 13.9. The molecule has 0 aromatic heterocycles. The Labute approximate surface area is 289 Å². The van der Waals surface area contributed by atoms with Crippen LogP contribution in [0.15, 0.2) is 59.5 Å². The number of hydrogen-bond donors (Lipinski definition) is 0. The minimum Gasteiger partial charge on any atom is -0.494 e. The number of ether oxygens (including phenoxy) is 1. The van der Waals surface area contributed by atoms with Gasteiger partial charge in [-0.25, -0.2) is 0 Å². The van der Waals surface area contributed by atoms with Gasteiger partial charge < -0.3 is 4.74 Å². The summed E-state index contributed by atoms with van der Waals surface area (Å²) in [6.45, 7) is 5.25. The van der Waals surface area contributed by atoms with Crippen molar-refractivity contribution in [3.05, 3.63) is 65.7 Å². The molecule has 0 heterocycles. The standard InChI is InChI=1S/C43H68O2S/c1-3-5-7-9-10-11-12-13-14-15-16-17-18-19-20-21-22-23-24-26-38-46-42-34-27-39(28-35-42)29-36-43(44)40-30-32-41(33-31-40)45-37-25-8-6-4-2/h27-36H,3-26,37-38H2,1-2H3/b36-29+. The minimum absolute atomic E-state index is 0.0209. The van der Waals surface area contributed by atoms with Crippen LogP contribution in [-0.4, -0.2) is 18.1 Å². The zero-order valence-electron chi connectivity index (χ0n) is 29.9. The van der Waals surface area contributed by atoms with E-state index in [4.69, 9.17) is 4.74 Å². The zero-order valence-corrected chi connectivity index (χ0v) is 30.7. The van der Waals surface area contributed by atoms with Crippen LogP contribution in [0, 0.1) is 0 Å². The number of ketones is 1. The number of carbonyl (C=O) groups is 1. The number of benzene rings is 2. The van der Waals surface area contributed by atoms with Gasteiger partial charge in [0.05, 0.1) is 6.61 Å². The van der Waals surface area contributed by atoms with E-state index in [-0.39, 0.29) is 5.78 Å². The van der Waals surface area contributed by atoms with E-state index in [1.807, 2.05) is 42.1 Å². The van der Waals surface area contributed by atoms with Crippen LogP contribution in [0.3, 0.4) is 0 Å². The van der Waals surface area contributed by atoms with E-state index in [1.54, 1.807) is 6.08 Å². The Kier molecular flexibility index (Phi) is 25.5. The topological polar surface area (TPSA) is 26.3 Å². The molecule has 2 aromatic carbocycles. The quantitative estimate of drug-likeness (QED) is 0.0352.